The Labute approximate surface area is 104 Å². The molecule has 2 aliphatic rings. The molecule has 0 spiro atoms. The molecule has 0 aromatic heterocycles. The third-order valence-corrected chi connectivity index (χ3v) is 3.53. The van der Waals surface area contributed by atoms with E-state index in [1.807, 2.05) is 6.92 Å². The van der Waals surface area contributed by atoms with Crippen molar-refractivity contribution in [1.29, 1.82) is 0 Å². The van der Waals surface area contributed by atoms with Crippen molar-refractivity contribution in [3.63, 3.8) is 0 Å². The third-order valence-electron chi connectivity index (χ3n) is 3.53. The van der Waals surface area contributed by atoms with Crippen LogP contribution in [0, 0.1) is 0 Å². The van der Waals surface area contributed by atoms with Crippen molar-refractivity contribution in [2.24, 2.45) is 4.99 Å². The van der Waals surface area contributed by atoms with Gasteiger partial charge in [0.25, 0.3) is 0 Å². The van der Waals surface area contributed by atoms with Gasteiger partial charge in [0.15, 0.2) is 0 Å². The fourth-order valence-corrected chi connectivity index (χ4v) is 2.80. The van der Waals surface area contributed by atoms with E-state index >= 15 is 0 Å². The lowest BCUT2D eigenvalue weighted by atomic mass is 10.2. The highest BCUT2D eigenvalue weighted by molar-refractivity contribution is 6.05. The van der Waals surface area contributed by atoms with E-state index in [-0.39, 0.29) is 0 Å². The number of hydrogen-bond acceptors (Lipinski definition) is 1. The molecular formula is C15H22N2. The van der Waals surface area contributed by atoms with Crippen molar-refractivity contribution >= 4 is 5.84 Å². The molecule has 2 rings (SSSR count). The van der Waals surface area contributed by atoms with Crippen molar-refractivity contribution in [2.45, 2.75) is 52.5 Å². The van der Waals surface area contributed by atoms with Crippen molar-refractivity contribution in [3.05, 3.63) is 35.7 Å². The molecule has 0 atom stereocenters. The van der Waals surface area contributed by atoms with Crippen LogP contribution in [0.5, 0.6) is 0 Å². The number of nitrogens with zero attached hydrogens (tertiary/aromatic N) is 2. The summed E-state index contributed by atoms with van der Waals surface area (Å²) < 4.78 is 0. The summed E-state index contributed by atoms with van der Waals surface area (Å²) in [5.41, 5.74) is 3.44. The second kappa shape index (κ2) is 4.91. The van der Waals surface area contributed by atoms with Crippen LogP contribution in [-0.2, 0) is 0 Å². The zero-order valence-corrected chi connectivity index (χ0v) is 11.2. The van der Waals surface area contributed by atoms with Gasteiger partial charge in [0.1, 0.15) is 5.84 Å². The van der Waals surface area contributed by atoms with E-state index in [0.717, 1.165) is 11.5 Å². The van der Waals surface area contributed by atoms with Crippen molar-refractivity contribution in [1.82, 2.24) is 4.90 Å². The molecule has 2 heteroatoms. The Morgan fingerprint density at radius 1 is 1.47 bits per heavy atom. The first-order valence-electron chi connectivity index (χ1n) is 6.52. The molecular weight excluding hydrogens is 208 g/mol. The Morgan fingerprint density at radius 3 is 2.65 bits per heavy atom. The summed E-state index contributed by atoms with van der Waals surface area (Å²) in [7, 11) is 0. The molecule has 0 unspecified atom stereocenters. The highest BCUT2D eigenvalue weighted by Gasteiger charge is 2.31. The van der Waals surface area contributed by atoms with Gasteiger partial charge in [-0.2, -0.15) is 0 Å². The second-order valence-electron chi connectivity index (χ2n) is 5.01. The first-order valence-corrected chi connectivity index (χ1v) is 6.52. The number of allylic oxidation sites excluding steroid dienone is 3. The minimum Gasteiger partial charge on any atom is -0.327 e. The van der Waals surface area contributed by atoms with E-state index in [1.54, 1.807) is 0 Å². The molecule has 0 radical (unpaired) electrons. The molecule has 0 aromatic carbocycles. The van der Waals surface area contributed by atoms with Crippen LogP contribution in [-0.4, -0.2) is 16.8 Å². The van der Waals surface area contributed by atoms with E-state index in [9.17, 15) is 0 Å². The highest BCUT2D eigenvalue weighted by atomic mass is 15.2. The van der Waals surface area contributed by atoms with Gasteiger partial charge < -0.3 is 4.90 Å². The van der Waals surface area contributed by atoms with Gasteiger partial charge >= 0.3 is 0 Å². The summed E-state index contributed by atoms with van der Waals surface area (Å²) in [6, 6.07) is 0.641. The molecule has 0 amide bonds. The summed E-state index contributed by atoms with van der Waals surface area (Å²) in [4.78, 5) is 7.05. The molecule has 92 valence electrons. The molecule has 1 aliphatic carbocycles. The van der Waals surface area contributed by atoms with Gasteiger partial charge in [0.2, 0.25) is 0 Å². The lowest BCUT2D eigenvalue weighted by molar-refractivity contribution is 0.387. The molecule has 2 nitrogen and oxygen atoms in total. The van der Waals surface area contributed by atoms with Gasteiger partial charge in [-0.3, -0.25) is 0 Å². The van der Waals surface area contributed by atoms with Crippen LogP contribution in [0.4, 0.5) is 0 Å². The van der Waals surface area contributed by atoms with Crippen LogP contribution in [0.3, 0.4) is 0 Å². The van der Waals surface area contributed by atoms with E-state index < -0.39 is 0 Å². The molecule has 17 heavy (non-hydrogen) atoms. The van der Waals surface area contributed by atoms with Gasteiger partial charge in [0, 0.05) is 23.0 Å². The van der Waals surface area contributed by atoms with Gasteiger partial charge in [-0.25, -0.2) is 4.99 Å². The van der Waals surface area contributed by atoms with Gasteiger partial charge in [-0.1, -0.05) is 25.5 Å². The predicted octanol–water partition coefficient (Wildman–Crippen LogP) is 4.03. The summed E-state index contributed by atoms with van der Waals surface area (Å²) in [5.74, 6) is 1.10. The number of rotatable bonds is 2. The van der Waals surface area contributed by atoms with Crippen molar-refractivity contribution in [2.75, 3.05) is 0 Å². The summed E-state index contributed by atoms with van der Waals surface area (Å²) in [6.07, 6.45) is 9.65. The normalized spacial score (nSPS) is 26.1. The molecule has 1 aliphatic heterocycles. The average molecular weight is 230 g/mol. The van der Waals surface area contributed by atoms with Crippen molar-refractivity contribution in [3.8, 4) is 0 Å². The zero-order chi connectivity index (χ0) is 12.4. The summed E-state index contributed by atoms with van der Waals surface area (Å²) in [6.45, 7) is 10.1. The molecule has 0 bridgehead atoms. The smallest absolute Gasteiger partial charge is 0.140 e. The van der Waals surface area contributed by atoms with Gasteiger partial charge in [-0.15, -0.1) is 0 Å². The maximum absolute atomic E-state index is 4.63. The highest BCUT2D eigenvalue weighted by Crippen LogP contribution is 2.32. The van der Waals surface area contributed by atoms with Crippen molar-refractivity contribution < 1.29 is 0 Å². The van der Waals surface area contributed by atoms with Crippen LogP contribution in [0.1, 0.15) is 46.5 Å². The fraction of sp³-hybridized carbons (Fsp3) is 0.533. The molecule has 1 fully saturated rings. The van der Waals surface area contributed by atoms with Gasteiger partial charge in [0.05, 0.1) is 0 Å². The predicted molar refractivity (Wildman–Crippen MR) is 73.9 cm³/mol. The Balaban J connectivity index is 2.34. The number of aliphatic imine (C=N–C) groups is 1. The lowest BCUT2D eigenvalue weighted by Gasteiger charge is -2.28. The largest absolute Gasteiger partial charge is 0.327 e. The maximum Gasteiger partial charge on any atom is 0.140 e. The molecule has 0 saturated heterocycles. The van der Waals surface area contributed by atoms with Gasteiger partial charge in [-0.05, 0) is 39.7 Å². The van der Waals surface area contributed by atoms with Crippen LogP contribution in [0.15, 0.2) is 40.7 Å². The topological polar surface area (TPSA) is 15.6 Å². The summed E-state index contributed by atoms with van der Waals surface area (Å²) >= 11 is 0. The van der Waals surface area contributed by atoms with Crippen LogP contribution < -0.4 is 0 Å². The molecule has 1 saturated carbocycles. The summed E-state index contributed by atoms with van der Waals surface area (Å²) in [5, 5.41) is 0. The second-order valence-corrected chi connectivity index (χ2v) is 5.01. The number of amidine groups is 1. The standard InChI is InChI=1S/C15H22N2/c1-5-13-10-12(4)17(14-8-6-7-9-14)15(13)16-11(2)3/h5,10,14H,2,6-9H2,1,3-4H3/b13-5-,16-15?. The molecule has 0 N–H and O–H groups in total. The van der Waals surface area contributed by atoms with E-state index in [4.69, 9.17) is 0 Å². The molecule has 1 heterocycles. The maximum atomic E-state index is 4.63. The average Bonchev–Trinajstić information content (AvgIpc) is 2.85. The van der Waals surface area contributed by atoms with E-state index in [0.29, 0.717) is 6.04 Å². The van der Waals surface area contributed by atoms with Crippen LogP contribution >= 0.6 is 0 Å². The van der Waals surface area contributed by atoms with E-state index in [1.165, 1.54) is 37.0 Å². The zero-order valence-electron chi connectivity index (χ0n) is 11.2. The number of hydrogen-bond donors (Lipinski definition) is 0. The Kier molecular flexibility index (Phi) is 3.51. The Morgan fingerprint density at radius 2 is 2.12 bits per heavy atom. The SMILES string of the molecule is C=C(C)N=C1/C(=C\C)C=C(C)N1C1CCCC1. The molecule has 0 aromatic rings. The first-order chi connectivity index (χ1) is 8.13. The Bertz CT molecular complexity index is 407. The Hall–Kier alpha value is -1.31. The van der Waals surface area contributed by atoms with E-state index in [2.05, 4.69) is 42.5 Å². The third kappa shape index (κ3) is 2.36. The quantitative estimate of drug-likeness (QED) is 0.699. The first kappa shape index (κ1) is 12.2. The minimum absolute atomic E-state index is 0.641. The monoisotopic (exact) mass is 230 g/mol. The lowest BCUT2D eigenvalue weighted by Crippen LogP contribution is -2.34. The minimum atomic E-state index is 0.641. The van der Waals surface area contributed by atoms with Crippen LogP contribution in [0.25, 0.3) is 0 Å². The fourth-order valence-electron chi connectivity index (χ4n) is 2.80. The van der Waals surface area contributed by atoms with Crippen LogP contribution in [0.2, 0.25) is 0 Å².